The molecule has 8 nitrogen and oxygen atoms in total. The summed E-state index contributed by atoms with van der Waals surface area (Å²) in [5.74, 6) is -2.46. The first-order valence-electron chi connectivity index (χ1n) is 10.1. The van der Waals surface area contributed by atoms with Crippen LogP contribution in [0, 0.1) is 0 Å². The Morgan fingerprint density at radius 2 is 1.69 bits per heavy atom. The molecule has 0 bridgehead atoms. The highest BCUT2D eigenvalue weighted by Gasteiger charge is 2.52. The monoisotopic (exact) mass is 453 g/mol. The predicted molar refractivity (Wildman–Crippen MR) is 115 cm³/mol. The Morgan fingerprint density at radius 1 is 1.03 bits per heavy atom. The summed E-state index contributed by atoms with van der Waals surface area (Å²) in [6.45, 7) is 1.65. The number of nitrogens with one attached hydrogen (secondary N) is 2. The second-order valence-corrected chi connectivity index (χ2v) is 8.49. The summed E-state index contributed by atoms with van der Waals surface area (Å²) in [6, 6.07) is 11.7. The summed E-state index contributed by atoms with van der Waals surface area (Å²) in [7, 11) is 0. The van der Waals surface area contributed by atoms with Crippen LogP contribution in [0.15, 0.2) is 42.5 Å². The molecule has 0 radical (unpaired) electrons. The first kappa shape index (κ1) is 21.7. The van der Waals surface area contributed by atoms with Crippen LogP contribution in [-0.4, -0.2) is 40.0 Å². The van der Waals surface area contributed by atoms with Gasteiger partial charge in [0.1, 0.15) is 5.54 Å². The molecule has 1 atom stereocenters. The van der Waals surface area contributed by atoms with Crippen molar-refractivity contribution in [1.29, 1.82) is 0 Å². The minimum atomic E-state index is -1.44. The van der Waals surface area contributed by atoms with E-state index in [4.69, 9.17) is 11.6 Å². The molecule has 1 saturated heterocycles. The number of nitrogens with zero attached hydrogens (tertiary/aromatic N) is 1. The van der Waals surface area contributed by atoms with Gasteiger partial charge in [-0.25, -0.2) is 0 Å². The second-order valence-electron chi connectivity index (χ2n) is 8.06. The molecule has 5 amide bonds. The van der Waals surface area contributed by atoms with Gasteiger partial charge < -0.3 is 5.32 Å². The molecular formula is C23H20ClN3O5. The Bertz CT molecular complexity index is 1160. The number of hydrogen-bond acceptors (Lipinski definition) is 5. The fourth-order valence-electron chi connectivity index (χ4n) is 3.90. The summed E-state index contributed by atoms with van der Waals surface area (Å²) >= 11 is 5.85. The number of hydrogen-bond donors (Lipinski definition) is 2. The van der Waals surface area contributed by atoms with Crippen molar-refractivity contribution in [2.75, 3.05) is 0 Å². The van der Waals surface area contributed by atoms with Crippen LogP contribution in [0.4, 0.5) is 0 Å². The molecule has 164 valence electrons. The van der Waals surface area contributed by atoms with Gasteiger partial charge in [-0.2, -0.15) is 0 Å². The standard InChI is InChI=1S/C23H20ClN3O5/c1-23(9-8-18(28)26-22(23)32)27-20(30)16-7-4-14(10-17(16)21(27)31)12-25-19(29)11-13-2-5-15(24)6-3-13/h2-7,10H,8-9,11-12H2,1H3,(H,25,29)(H,26,28,32)/t23-/m0/s1. The van der Waals surface area contributed by atoms with Gasteiger partial charge in [0.15, 0.2) is 0 Å². The lowest BCUT2D eigenvalue weighted by Gasteiger charge is -2.38. The lowest BCUT2D eigenvalue weighted by molar-refractivity contribution is -0.141. The fraction of sp³-hybridized carbons (Fsp3) is 0.261. The number of carbonyl (C=O) groups is 5. The lowest BCUT2D eigenvalue weighted by atomic mass is 9.89. The van der Waals surface area contributed by atoms with Gasteiger partial charge in [0.05, 0.1) is 17.5 Å². The smallest absolute Gasteiger partial charge is 0.262 e. The van der Waals surface area contributed by atoms with Crippen molar-refractivity contribution in [1.82, 2.24) is 15.5 Å². The van der Waals surface area contributed by atoms with Crippen molar-refractivity contribution in [3.8, 4) is 0 Å². The Morgan fingerprint density at radius 3 is 2.38 bits per heavy atom. The fourth-order valence-corrected chi connectivity index (χ4v) is 4.03. The topological polar surface area (TPSA) is 113 Å². The van der Waals surface area contributed by atoms with E-state index in [1.54, 1.807) is 36.4 Å². The molecule has 2 heterocycles. The van der Waals surface area contributed by atoms with Crippen LogP contribution >= 0.6 is 11.6 Å². The first-order chi connectivity index (χ1) is 15.2. The number of benzene rings is 2. The third-order valence-corrected chi connectivity index (χ3v) is 6.05. The number of amides is 5. The molecular weight excluding hydrogens is 434 g/mol. The number of halogens is 1. The largest absolute Gasteiger partial charge is 0.352 e. The molecule has 0 aliphatic carbocycles. The van der Waals surface area contributed by atoms with Crippen molar-refractivity contribution in [2.45, 2.75) is 38.3 Å². The Balaban J connectivity index is 1.47. The number of rotatable bonds is 5. The predicted octanol–water partition coefficient (Wildman–Crippen LogP) is 1.99. The van der Waals surface area contributed by atoms with Gasteiger partial charge in [0, 0.05) is 18.0 Å². The summed E-state index contributed by atoms with van der Waals surface area (Å²) in [5, 5.41) is 5.58. The third-order valence-electron chi connectivity index (χ3n) is 5.79. The highest BCUT2D eigenvalue weighted by molar-refractivity contribution is 6.30. The van der Waals surface area contributed by atoms with Crippen LogP contribution in [0.1, 0.15) is 51.6 Å². The molecule has 2 aliphatic heterocycles. The maximum atomic E-state index is 13.0. The van der Waals surface area contributed by atoms with Crippen LogP contribution < -0.4 is 10.6 Å². The Labute approximate surface area is 188 Å². The maximum absolute atomic E-state index is 13.0. The molecule has 0 aromatic heterocycles. The number of fused-ring (bicyclic) bond motifs is 1. The van der Waals surface area contributed by atoms with Crippen molar-refractivity contribution in [2.24, 2.45) is 0 Å². The van der Waals surface area contributed by atoms with Crippen molar-refractivity contribution in [3.63, 3.8) is 0 Å². The number of carbonyl (C=O) groups excluding carboxylic acids is 5. The van der Waals surface area contributed by atoms with Gasteiger partial charge in [-0.1, -0.05) is 29.8 Å². The second kappa shape index (κ2) is 8.20. The molecule has 9 heteroatoms. The van der Waals surface area contributed by atoms with Crippen molar-refractivity contribution < 1.29 is 24.0 Å². The summed E-state index contributed by atoms with van der Waals surface area (Å²) < 4.78 is 0. The SMILES string of the molecule is C[C@]1(N2C(=O)c3ccc(CNC(=O)Cc4ccc(Cl)cc4)cc3C2=O)CCC(=O)NC1=O. The van der Waals surface area contributed by atoms with E-state index in [1.807, 2.05) is 0 Å². The average molecular weight is 454 g/mol. The van der Waals surface area contributed by atoms with Crippen LogP contribution in [0.3, 0.4) is 0 Å². The maximum Gasteiger partial charge on any atom is 0.262 e. The van der Waals surface area contributed by atoms with Gasteiger partial charge in [-0.05, 0) is 48.7 Å². The Kier molecular flexibility index (Phi) is 5.56. The van der Waals surface area contributed by atoms with Crippen LogP contribution in [0.2, 0.25) is 5.02 Å². The summed E-state index contributed by atoms with van der Waals surface area (Å²) in [6.07, 6.45) is 0.288. The molecule has 2 N–H and O–H groups in total. The van der Waals surface area contributed by atoms with E-state index in [2.05, 4.69) is 10.6 Å². The van der Waals surface area contributed by atoms with Crippen LogP contribution in [-0.2, 0) is 27.3 Å². The highest BCUT2D eigenvalue weighted by Crippen LogP contribution is 2.34. The van der Waals surface area contributed by atoms with E-state index in [0.717, 1.165) is 10.5 Å². The highest BCUT2D eigenvalue weighted by atomic mass is 35.5. The molecule has 2 aromatic carbocycles. The van der Waals surface area contributed by atoms with Gasteiger partial charge in [0.2, 0.25) is 11.8 Å². The molecule has 2 aliphatic rings. The molecule has 32 heavy (non-hydrogen) atoms. The Hall–Kier alpha value is -3.52. The zero-order valence-corrected chi connectivity index (χ0v) is 18.0. The molecule has 1 fully saturated rings. The van der Waals surface area contributed by atoms with Crippen molar-refractivity contribution >= 4 is 41.1 Å². The molecule has 0 unspecified atom stereocenters. The zero-order valence-electron chi connectivity index (χ0n) is 17.2. The summed E-state index contributed by atoms with van der Waals surface area (Å²) in [5.41, 5.74) is 0.385. The van der Waals surface area contributed by atoms with E-state index in [0.29, 0.717) is 10.6 Å². The molecule has 2 aromatic rings. The van der Waals surface area contributed by atoms with Crippen LogP contribution in [0.5, 0.6) is 0 Å². The minimum Gasteiger partial charge on any atom is -0.352 e. The van der Waals surface area contributed by atoms with Gasteiger partial charge in [0.25, 0.3) is 17.7 Å². The zero-order chi connectivity index (χ0) is 23.0. The van der Waals surface area contributed by atoms with E-state index < -0.39 is 29.2 Å². The number of piperidine rings is 1. The van der Waals surface area contributed by atoms with Crippen LogP contribution in [0.25, 0.3) is 0 Å². The molecule has 0 spiro atoms. The summed E-state index contributed by atoms with van der Waals surface area (Å²) in [4.78, 5) is 63.1. The first-order valence-corrected chi connectivity index (χ1v) is 10.4. The normalized spacial score (nSPS) is 20.2. The van der Waals surface area contributed by atoms with Gasteiger partial charge >= 0.3 is 0 Å². The van der Waals surface area contributed by atoms with E-state index in [1.165, 1.54) is 13.0 Å². The van der Waals surface area contributed by atoms with Gasteiger partial charge in [-0.15, -0.1) is 0 Å². The van der Waals surface area contributed by atoms with E-state index in [9.17, 15) is 24.0 Å². The number of imide groups is 2. The third kappa shape index (κ3) is 3.89. The van der Waals surface area contributed by atoms with Gasteiger partial charge in [-0.3, -0.25) is 34.2 Å². The molecule has 0 saturated carbocycles. The van der Waals surface area contributed by atoms with Crippen molar-refractivity contribution in [3.05, 3.63) is 69.7 Å². The minimum absolute atomic E-state index is 0.0422. The molecule has 4 rings (SSSR count). The van der Waals surface area contributed by atoms with E-state index >= 15 is 0 Å². The lowest BCUT2D eigenvalue weighted by Crippen LogP contribution is -2.62. The quantitative estimate of drug-likeness (QED) is 0.672. The average Bonchev–Trinajstić information content (AvgIpc) is 3.01. The van der Waals surface area contributed by atoms with E-state index in [-0.39, 0.29) is 42.8 Å².